The van der Waals surface area contributed by atoms with Gasteiger partial charge in [-0.2, -0.15) is 0 Å². The smallest absolute Gasteiger partial charge is 0.748 e. The molecular weight excluding hydrogens is 493 g/mol. The van der Waals surface area contributed by atoms with Crippen molar-refractivity contribution in [3.05, 3.63) is 0 Å². The molecule has 0 heterocycles. The largest absolute Gasteiger partial charge is 1.00 e. The van der Waals surface area contributed by atoms with Crippen molar-refractivity contribution in [1.82, 2.24) is 5.32 Å². The molecule has 4 aliphatic carbocycles. The molecule has 1 amide bonds. The Hall–Kier alpha value is 0.260. The molecule has 36 heavy (non-hydrogen) atoms. The number of carbonyl (C=O) groups excluding carboxylic acids is 1. The third kappa shape index (κ3) is 5.74. The Kier molecular flexibility index (Phi) is 9.75. The molecule has 4 rings (SSSR count). The maximum atomic E-state index is 12.2. The predicted molar refractivity (Wildman–Crippen MR) is 130 cm³/mol. The number of fused-ring (bicyclic) bond motifs is 5. The summed E-state index contributed by atoms with van der Waals surface area (Å²) in [7, 11) is -4.35. The Labute approximate surface area is 238 Å². The van der Waals surface area contributed by atoms with Gasteiger partial charge in [0, 0.05) is 13.0 Å². The van der Waals surface area contributed by atoms with E-state index in [0.717, 1.165) is 38.5 Å². The molecule has 4 unspecified atom stereocenters. The molecule has 4 N–H and O–H groups in total. The normalized spacial score (nSPS) is 45.0. The molecule has 4 aliphatic rings. The first-order valence-electron chi connectivity index (χ1n) is 13.5. The first-order valence-corrected chi connectivity index (χ1v) is 15.1. The quantitative estimate of drug-likeness (QED) is 0.241. The zero-order chi connectivity index (χ0) is 25.8. The van der Waals surface area contributed by atoms with E-state index in [0.29, 0.717) is 18.8 Å². The molecule has 0 saturated heterocycles. The second kappa shape index (κ2) is 11.4. The van der Waals surface area contributed by atoms with E-state index in [1.807, 2.05) is 0 Å². The van der Waals surface area contributed by atoms with Gasteiger partial charge in [0.1, 0.15) is 0 Å². The molecule has 0 aromatic rings. The predicted octanol–water partition coefficient (Wildman–Crippen LogP) is -0.970. The summed E-state index contributed by atoms with van der Waals surface area (Å²) in [6, 6.07) is 0. The minimum Gasteiger partial charge on any atom is -0.748 e. The summed E-state index contributed by atoms with van der Waals surface area (Å²) >= 11 is 0. The third-order valence-electron chi connectivity index (χ3n) is 11.0. The SMILES string of the molecule is C[C@H](CCC(=O)NCCS(=O)(=O)[O-])[C@H]1CC[C@H]2[C@@H]3C(O)CC4CC(O)CC[C@]4(C)[C@H]3CC(O)[C@]12C.[Na+]. The molecule has 0 aromatic heterocycles. The maximum Gasteiger partial charge on any atom is 1.00 e. The summed E-state index contributed by atoms with van der Waals surface area (Å²) in [5.74, 6) is 0.522. The van der Waals surface area contributed by atoms with Gasteiger partial charge in [0.05, 0.1) is 34.2 Å². The van der Waals surface area contributed by atoms with Crippen LogP contribution in [0.15, 0.2) is 0 Å². The van der Waals surface area contributed by atoms with Gasteiger partial charge in [0.25, 0.3) is 0 Å². The zero-order valence-corrected chi connectivity index (χ0v) is 25.2. The number of aliphatic hydroxyl groups excluding tert-OH is 3. The molecule has 0 radical (unpaired) electrons. The number of hydrogen-bond donors (Lipinski definition) is 4. The van der Waals surface area contributed by atoms with E-state index < -0.39 is 28.1 Å². The number of nitrogens with one attached hydrogen (secondary N) is 1. The van der Waals surface area contributed by atoms with Crippen LogP contribution in [0.2, 0.25) is 0 Å². The average molecular weight is 538 g/mol. The van der Waals surface area contributed by atoms with E-state index >= 15 is 0 Å². The number of carbonyl (C=O) groups is 1. The van der Waals surface area contributed by atoms with Gasteiger partial charge in [-0.1, -0.05) is 20.8 Å². The summed E-state index contributed by atoms with van der Waals surface area (Å²) < 4.78 is 32.2. The standard InChI is InChI=1S/C26H45NO7S.Na/c1-15(4-7-23(31)27-10-11-35(32,33)34)18-5-6-19-24-20(14-22(30)26(18,19)3)25(2)9-8-17(28)12-16(25)13-21(24)29;/h15-22,24,28-30H,4-14H2,1-3H3,(H,27,31)(H,32,33,34);/q;+1/p-1/t15-,16?,17?,18-,19+,20+,21?,22?,24+,25+,26-;/m1./s1. The maximum absolute atomic E-state index is 12.2. The first kappa shape index (κ1) is 30.8. The van der Waals surface area contributed by atoms with Crippen LogP contribution in [0.5, 0.6) is 0 Å². The topological polar surface area (TPSA) is 147 Å². The Bertz CT molecular complexity index is 903. The molecular formula is C26H44NNaO7S. The average Bonchev–Trinajstić information content (AvgIpc) is 3.12. The van der Waals surface area contributed by atoms with E-state index in [4.69, 9.17) is 0 Å². The van der Waals surface area contributed by atoms with Gasteiger partial charge < -0.3 is 25.2 Å². The molecule has 8 nitrogen and oxygen atoms in total. The van der Waals surface area contributed by atoms with Crippen molar-refractivity contribution in [3.8, 4) is 0 Å². The van der Waals surface area contributed by atoms with Crippen LogP contribution in [0.25, 0.3) is 0 Å². The minimum atomic E-state index is -4.35. The fourth-order valence-electron chi connectivity index (χ4n) is 9.10. The molecule has 0 spiro atoms. The summed E-state index contributed by atoms with van der Waals surface area (Å²) in [5.41, 5.74) is -0.267. The summed E-state index contributed by atoms with van der Waals surface area (Å²) in [4.78, 5) is 12.2. The molecule has 0 aromatic carbocycles. The molecule has 11 atom stereocenters. The van der Waals surface area contributed by atoms with E-state index in [9.17, 15) is 33.1 Å². The van der Waals surface area contributed by atoms with Crippen molar-refractivity contribution in [3.63, 3.8) is 0 Å². The second-order valence-electron chi connectivity index (χ2n) is 12.7. The van der Waals surface area contributed by atoms with Gasteiger partial charge in [0.2, 0.25) is 5.91 Å². The van der Waals surface area contributed by atoms with Crippen molar-refractivity contribution in [2.24, 2.45) is 46.3 Å². The molecule has 4 saturated carbocycles. The number of hydrogen-bond acceptors (Lipinski definition) is 7. The Morgan fingerprint density at radius 3 is 2.44 bits per heavy atom. The van der Waals surface area contributed by atoms with E-state index in [-0.39, 0.29) is 95.0 Å². The van der Waals surface area contributed by atoms with Crippen LogP contribution in [-0.2, 0) is 14.9 Å². The van der Waals surface area contributed by atoms with Crippen molar-refractivity contribution < 1.29 is 62.6 Å². The van der Waals surface area contributed by atoms with Gasteiger partial charge in [-0.3, -0.25) is 4.79 Å². The van der Waals surface area contributed by atoms with E-state index in [2.05, 4.69) is 26.1 Å². The van der Waals surface area contributed by atoms with Crippen LogP contribution in [0, 0.1) is 46.3 Å². The van der Waals surface area contributed by atoms with Gasteiger partial charge in [-0.05, 0) is 97.7 Å². The van der Waals surface area contributed by atoms with Crippen molar-refractivity contribution in [2.75, 3.05) is 12.3 Å². The number of amides is 1. The van der Waals surface area contributed by atoms with Crippen molar-refractivity contribution in [2.45, 2.75) is 96.9 Å². The zero-order valence-electron chi connectivity index (χ0n) is 22.4. The van der Waals surface area contributed by atoms with Crippen molar-refractivity contribution >= 4 is 16.0 Å². The van der Waals surface area contributed by atoms with Crippen molar-refractivity contribution in [1.29, 1.82) is 0 Å². The van der Waals surface area contributed by atoms with Crippen LogP contribution >= 0.6 is 0 Å². The monoisotopic (exact) mass is 537 g/mol. The fraction of sp³-hybridized carbons (Fsp3) is 0.962. The van der Waals surface area contributed by atoms with Crippen LogP contribution in [0.1, 0.15) is 78.6 Å². The van der Waals surface area contributed by atoms with Gasteiger partial charge in [-0.25, -0.2) is 8.42 Å². The Morgan fingerprint density at radius 1 is 1.08 bits per heavy atom. The minimum absolute atomic E-state index is 0. The molecule has 10 heteroatoms. The molecule has 0 aliphatic heterocycles. The summed E-state index contributed by atoms with van der Waals surface area (Å²) in [6.45, 7) is 6.48. The van der Waals surface area contributed by atoms with Gasteiger partial charge in [0.15, 0.2) is 0 Å². The van der Waals surface area contributed by atoms with Crippen LogP contribution < -0.4 is 34.9 Å². The molecule has 4 fully saturated rings. The summed E-state index contributed by atoms with van der Waals surface area (Å²) in [5, 5.41) is 35.7. The van der Waals surface area contributed by atoms with Crippen LogP contribution in [0.3, 0.4) is 0 Å². The fourth-order valence-corrected chi connectivity index (χ4v) is 9.45. The van der Waals surface area contributed by atoms with Gasteiger partial charge in [-0.15, -0.1) is 0 Å². The number of rotatable bonds is 7. The second-order valence-corrected chi connectivity index (χ2v) is 14.2. The molecule has 0 bridgehead atoms. The van der Waals surface area contributed by atoms with E-state index in [1.54, 1.807) is 0 Å². The summed E-state index contributed by atoms with van der Waals surface area (Å²) in [6.07, 6.45) is 5.58. The van der Waals surface area contributed by atoms with E-state index in [1.165, 1.54) is 0 Å². The molecule has 202 valence electrons. The first-order chi connectivity index (χ1) is 16.3. The Balaban J connectivity index is 0.00000361. The van der Waals surface area contributed by atoms with Crippen LogP contribution in [-0.4, -0.2) is 64.8 Å². The van der Waals surface area contributed by atoms with Gasteiger partial charge >= 0.3 is 29.6 Å². The Morgan fingerprint density at radius 2 is 1.78 bits per heavy atom. The third-order valence-corrected chi connectivity index (χ3v) is 11.7. The van der Waals surface area contributed by atoms with Crippen LogP contribution in [0.4, 0.5) is 0 Å². The number of aliphatic hydroxyl groups is 3.